The summed E-state index contributed by atoms with van der Waals surface area (Å²) in [7, 11) is 0. The van der Waals surface area contributed by atoms with Crippen molar-refractivity contribution in [3.63, 3.8) is 0 Å². The molecule has 4 nitrogen and oxygen atoms in total. The first kappa shape index (κ1) is 10.4. The van der Waals surface area contributed by atoms with E-state index in [9.17, 15) is 0 Å². The summed E-state index contributed by atoms with van der Waals surface area (Å²) in [4.78, 5) is 4.29. The van der Waals surface area contributed by atoms with Gasteiger partial charge in [-0.25, -0.2) is 0 Å². The fourth-order valence-corrected chi connectivity index (χ4v) is 2.45. The standard InChI is InChI=1S/C11H8N4S2/c16-11-14-13-10(9-3-1-2-5-12-9)15(11)8-4-6-17-7-8/h1-7H,(H,14,16). The maximum absolute atomic E-state index is 5.24. The molecular formula is C11H8N4S2. The Hall–Kier alpha value is -1.79. The number of hydrogen-bond acceptors (Lipinski definition) is 4. The molecular weight excluding hydrogens is 252 g/mol. The van der Waals surface area contributed by atoms with E-state index in [1.165, 1.54) is 0 Å². The van der Waals surface area contributed by atoms with Gasteiger partial charge in [0.05, 0.1) is 5.69 Å². The number of pyridine rings is 1. The van der Waals surface area contributed by atoms with Crippen molar-refractivity contribution >= 4 is 23.6 Å². The maximum Gasteiger partial charge on any atom is 0.200 e. The molecule has 0 amide bonds. The molecule has 0 fully saturated rings. The molecule has 17 heavy (non-hydrogen) atoms. The Labute approximate surface area is 107 Å². The van der Waals surface area contributed by atoms with Crippen molar-refractivity contribution < 1.29 is 0 Å². The zero-order valence-corrected chi connectivity index (χ0v) is 10.3. The van der Waals surface area contributed by atoms with Crippen molar-refractivity contribution in [3.05, 3.63) is 46.0 Å². The predicted molar refractivity (Wildman–Crippen MR) is 69.9 cm³/mol. The van der Waals surface area contributed by atoms with E-state index in [0.29, 0.717) is 4.77 Å². The maximum atomic E-state index is 5.24. The van der Waals surface area contributed by atoms with Crippen LogP contribution in [0.5, 0.6) is 0 Å². The summed E-state index contributed by atoms with van der Waals surface area (Å²) in [5, 5.41) is 11.1. The lowest BCUT2D eigenvalue weighted by atomic mass is 10.3. The first-order chi connectivity index (χ1) is 8.36. The highest BCUT2D eigenvalue weighted by atomic mass is 32.1. The van der Waals surface area contributed by atoms with Crippen LogP contribution in [0.1, 0.15) is 0 Å². The smallest absolute Gasteiger partial charge is 0.200 e. The number of nitrogens with zero attached hydrogens (tertiary/aromatic N) is 3. The van der Waals surface area contributed by atoms with Gasteiger partial charge in [-0.15, -0.1) is 0 Å². The zero-order valence-electron chi connectivity index (χ0n) is 8.70. The molecule has 0 saturated carbocycles. The van der Waals surface area contributed by atoms with Crippen LogP contribution in [-0.4, -0.2) is 19.7 Å². The van der Waals surface area contributed by atoms with Crippen molar-refractivity contribution in [2.75, 3.05) is 0 Å². The van der Waals surface area contributed by atoms with Gasteiger partial charge >= 0.3 is 0 Å². The Balaban J connectivity index is 2.24. The molecule has 0 aliphatic carbocycles. The summed E-state index contributed by atoms with van der Waals surface area (Å²) in [6.07, 6.45) is 1.74. The minimum absolute atomic E-state index is 0.573. The molecule has 3 rings (SSSR count). The number of rotatable bonds is 2. The Kier molecular flexibility index (Phi) is 2.58. The molecule has 0 aromatic carbocycles. The van der Waals surface area contributed by atoms with Crippen LogP contribution in [0, 0.1) is 4.77 Å². The normalized spacial score (nSPS) is 10.6. The van der Waals surface area contributed by atoms with Crippen molar-refractivity contribution in [2.45, 2.75) is 0 Å². The molecule has 84 valence electrons. The lowest BCUT2D eigenvalue weighted by Gasteiger charge is -2.02. The Morgan fingerprint density at radius 1 is 1.29 bits per heavy atom. The largest absolute Gasteiger partial charge is 0.266 e. The van der Waals surface area contributed by atoms with Gasteiger partial charge in [-0.05, 0) is 35.8 Å². The van der Waals surface area contributed by atoms with Gasteiger partial charge in [0.15, 0.2) is 10.6 Å². The number of hydrogen-bond donors (Lipinski definition) is 1. The Morgan fingerprint density at radius 3 is 2.94 bits per heavy atom. The van der Waals surface area contributed by atoms with E-state index < -0.39 is 0 Å². The highest BCUT2D eigenvalue weighted by Gasteiger charge is 2.11. The SMILES string of the molecule is S=c1[nH]nc(-c2ccccn2)n1-c1ccsc1. The van der Waals surface area contributed by atoms with Gasteiger partial charge in [-0.2, -0.15) is 16.4 Å². The van der Waals surface area contributed by atoms with Crippen molar-refractivity contribution in [3.8, 4) is 17.2 Å². The lowest BCUT2D eigenvalue weighted by molar-refractivity contribution is 1.04. The van der Waals surface area contributed by atoms with Gasteiger partial charge in [0.1, 0.15) is 5.69 Å². The molecule has 0 aliphatic rings. The van der Waals surface area contributed by atoms with Crippen molar-refractivity contribution in [1.82, 2.24) is 19.7 Å². The number of nitrogens with one attached hydrogen (secondary N) is 1. The van der Waals surface area contributed by atoms with Crippen LogP contribution in [-0.2, 0) is 0 Å². The third kappa shape index (κ3) is 1.81. The van der Waals surface area contributed by atoms with Gasteiger partial charge in [-0.1, -0.05) is 6.07 Å². The van der Waals surface area contributed by atoms with Crippen LogP contribution in [0.4, 0.5) is 0 Å². The number of aromatic amines is 1. The van der Waals surface area contributed by atoms with Crippen LogP contribution in [0.25, 0.3) is 17.2 Å². The topological polar surface area (TPSA) is 46.5 Å². The summed E-state index contributed by atoms with van der Waals surface area (Å²) in [5.74, 6) is 0.731. The number of aromatic nitrogens is 4. The average Bonchev–Trinajstić information content (AvgIpc) is 2.99. The molecule has 3 aromatic heterocycles. The second-order valence-corrected chi connectivity index (χ2v) is 4.55. The molecule has 0 aliphatic heterocycles. The monoisotopic (exact) mass is 260 g/mol. The Bertz CT molecular complexity index is 667. The third-order valence-corrected chi connectivity index (χ3v) is 3.28. The van der Waals surface area contributed by atoms with Crippen LogP contribution >= 0.6 is 23.6 Å². The van der Waals surface area contributed by atoms with Crippen molar-refractivity contribution in [2.24, 2.45) is 0 Å². The molecule has 0 bridgehead atoms. The Morgan fingerprint density at radius 2 is 2.24 bits per heavy atom. The molecule has 3 aromatic rings. The summed E-state index contributed by atoms with van der Waals surface area (Å²) >= 11 is 6.86. The minimum Gasteiger partial charge on any atom is -0.266 e. The van der Waals surface area contributed by atoms with Crippen LogP contribution in [0.2, 0.25) is 0 Å². The van der Waals surface area contributed by atoms with Crippen LogP contribution < -0.4 is 0 Å². The van der Waals surface area contributed by atoms with Crippen molar-refractivity contribution in [1.29, 1.82) is 0 Å². The summed E-state index contributed by atoms with van der Waals surface area (Å²) < 4.78 is 2.46. The number of thiophene rings is 1. The molecule has 6 heteroatoms. The van der Waals surface area contributed by atoms with E-state index in [-0.39, 0.29) is 0 Å². The van der Waals surface area contributed by atoms with E-state index >= 15 is 0 Å². The van der Waals surface area contributed by atoms with E-state index in [1.807, 2.05) is 39.6 Å². The van der Waals surface area contributed by atoms with E-state index in [1.54, 1.807) is 17.5 Å². The third-order valence-electron chi connectivity index (χ3n) is 2.33. The molecule has 0 radical (unpaired) electrons. The van der Waals surface area contributed by atoms with E-state index in [2.05, 4.69) is 15.2 Å². The molecule has 0 spiro atoms. The first-order valence-corrected chi connectivity index (χ1v) is 6.33. The second kappa shape index (κ2) is 4.23. The molecule has 0 unspecified atom stereocenters. The fourth-order valence-electron chi connectivity index (χ4n) is 1.59. The summed E-state index contributed by atoms with van der Waals surface area (Å²) in [6.45, 7) is 0. The van der Waals surface area contributed by atoms with E-state index in [0.717, 1.165) is 17.2 Å². The van der Waals surface area contributed by atoms with Gasteiger partial charge in [0, 0.05) is 11.6 Å². The fraction of sp³-hybridized carbons (Fsp3) is 0. The summed E-state index contributed by atoms with van der Waals surface area (Å²) in [6, 6.07) is 7.72. The molecule has 1 N–H and O–H groups in total. The molecule has 3 heterocycles. The first-order valence-electron chi connectivity index (χ1n) is 4.97. The lowest BCUT2D eigenvalue weighted by Crippen LogP contribution is -1.97. The van der Waals surface area contributed by atoms with Gasteiger partial charge in [0.2, 0.25) is 0 Å². The van der Waals surface area contributed by atoms with Gasteiger partial charge in [-0.3, -0.25) is 14.6 Å². The molecule has 0 atom stereocenters. The highest BCUT2D eigenvalue weighted by Crippen LogP contribution is 2.20. The predicted octanol–water partition coefficient (Wildman–Crippen LogP) is 3.05. The highest BCUT2D eigenvalue weighted by molar-refractivity contribution is 7.71. The van der Waals surface area contributed by atoms with Crippen LogP contribution in [0.15, 0.2) is 41.2 Å². The average molecular weight is 260 g/mol. The quantitative estimate of drug-likeness (QED) is 0.720. The zero-order chi connectivity index (χ0) is 11.7. The summed E-state index contributed by atoms with van der Waals surface area (Å²) in [5.41, 5.74) is 1.81. The van der Waals surface area contributed by atoms with Gasteiger partial charge in [0.25, 0.3) is 0 Å². The van der Waals surface area contributed by atoms with Gasteiger partial charge < -0.3 is 0 Å². The van der Waals surface area contributed by atoms with E-state index in [4.69, 9.17) is 12.2 Å². The molecule has 0 saturated heterocycles. The number of H-pyrrole nitrogens is 1. The minimum atomic E-state index is 0.573. The van der Waals surface area contributed by atoms with Crippen LogP contribution in [0.3, 0.4) is 0 Å². The second-order valence-electron chi connectivity index (χ2n) is 3.38.